The van der Waals surface area contributed by atoms with Gasteiger partial charge in [-0.2, -0.15) is 0 Å². The van der Waals surface area contributed by atoms with E-state index in [1.54, 1.807) is 0 Å². The third kappa shape index (κ3) is 5.13. The van der Waals surface area contributed by atoms with Crippen molar-refractivity contribution in [1.82, 2.24) is 4.57 Å². The summed E-state index contributed by atoms with van der Waals surface area (Å²) in [6, 6.07) is -36.1. The molecule has 0 amide bonds. The number of furan rings is 1. The predicted octanol–water partition coefficient (Wildman–Crippen LogP) is 14.6. The third-order valence-corrected chi connectivity index (χ3v) is 8.49. The van der Waals surface area contributed by atoms with Crippen molar-refractivity contribution in [2.24, 2.45) is 0 Å². The molecular formula is C52H34N2O. The molecule has 0 bridgehead atoms. The fourth-order valence-corrected chi connectivity index (χ4v) is 6.13. The topological polar surface area (TPSA) is 21.3 Å². The number of para-hydroxylation sites is 4. The molecule has 0 unspecified atom stereocenters. The molecule has 0 atom stereocenters. The molecule has 0 aliphatic rings. The van der Waals surface area contributed by atoms with Gasteiger partial charge in [0.05, 0.1) is 63.3 Å². The van der Waals surface area contributed by atoms with Crippen molar-refractivity contribution in [2.45, 2.75) is 0 Å². The van der Waals surface area contributed by atoms with Crippen LogP contribution in [0, 0.1) is 0 Å². The smallest absolute Gasteiger partial charge is 0.145 e. The molecular weight excluding hydrogens is 669 g/mol. The van der Waals surface area contributed by atoms with Gasteiger partial charge in [-0.3, -0.25) is 0 Å². The summed E-state index contributed by atoms with van der Waals surface area (Å²) in [7, 11) is 0. The molecule has 0 radical (unpaired) electrons. The standard InChI is InChI=1S/C52H34N2O/c1-2-14-40(15-3-1)53(41-28-24-36(25-29-41)39-23-22-35-12-4-5-13-38(35)34-39)49-33-32-46-45-18-8-11-21-50(45)55-52(46)51(49)37-26-30-42(31-27-37)54-47-19-9-6-16-43(47)44-17-7-10-20-48(44)54/h1-34H/i1D,2D,3D,4D,5D,6D,7D,8D,9D,10D,11D,12D,13D,14D,15D,16D,17D,18D,19D,20D,21D,22D,23D,24D,25D,26D,27D,28D,29D,30D,31D,32D,33D,34D. The van der Waals surface area contributed by atoms with Gasteiger partial charge in [0.25, 0.3) is 0 Å². The zero-order chi connectivity index (χ0) is 65.9. The molecule has 2 heterocycles. The molecule has 0 spiro atoms. The summed E-state index contributed by atoms with van der Waals surface area (Å²) >= 11 is 0. The normalized spacial score (nSPS) is 20.3. The second-order valence-corrected chi connectivity index (χ2v) is 11.5. The van der Waals surface area contributed by atoms with Crippen molar-refractivity contribution in [2.75, 3.05) is 4.90 Å². The first-order chi connectivity index (χ1) is 41.4. The van der Waals surface area contributed by atoms with E-state index in [0.717, 1.165) is 0 Å². The monoisotopic (exact) mass is 736 g/mol. The van der Waals surface area contributed by atoms with Gasteiger partial charge in [0.2, 0.25) is 0 Å². The molecule has 9 aromatic carbocycles. The van der Waals surface area contributed by atoms with E-state index in [0.29, 0.717) is 9.47 Å². The van der Waals surface area contributed by atoms with Crippen LogP contribution in [0.2, 0.25) is 0 Å². The van der Waals surface area contributed by atoms with Crippen molar-refractivity contribution in [3.05, 3.63) is 205 Å². The van der Waals surface area contributed by atoms with Crippen LogP contribution >= 0.6 is 0 Å². The SMILES string of the molecule is [2H]c1c([2H])c([2H])c(N(c2c([2H])c([2H])c(-c3c([2H])c([2H])c4c([2H])c([2H])c([2H])c([2H])c4c3[2H])c([2H])c2[2H])c2c([2H])c([2H])c3c(oc4c([2H])c([2H])c([2H])c([2H])c43)c2-c2c([2H])c([2H])c(-n3c4c([2H])c([2H])c([2H])c([2H])c4c4c([2H])c([2H])c([2H])c([2H])c43)c([2H])c2[2H])c([2H])c1[2H]. The molecule has 0 fully saturated rings. The number of anilines is 3. The summed E-state index contributed by atoms with van der Waals surface area (Å²) in [6.45, 7) is 0. The van der Waals surface area contributed by atoms with Crippen LogP contribution in [0.5, 0.6) is 0 Å². The van der Waals surface area contributed by atoms with Crippen LogP contribution in [0.15, 0.2) is 210 Å². The maximum Gasteiger partial charge on any atom is 0.145 e. The minimum absolute atomic E-state index is 0.303. The molecule has 55 heavy (non-hydrogen) atoms. The molecule has 258 valence electrons. The minimum atomic E-state index is -1.36. The Morgan fingerprint density at radius 1 is 0.418 bits per heavy atom. The van der Waals surface area contributed by atoms with Gasteiger partial charge in [0.15, 0.2) is 0 Å². The summed E-state index contributed by atoms with van der Waals surface area (Å²) in [4.78, 5) is 0.303. The summed E-state index contributed by atoms with van der Waals surface area (Å²) in [6.07, 6.45) is 0. The number of hydrogen-bond acceptors (Lipinski definition) is 2. The molecule has 0 saturated carbocycles. The zero-order valence-corrected chi connectivity index (χ0v) is 27.3. The van der Waals surface area contributed by atoms with Gasteiger partial charge in [-0.05, 0) is 100.0 Å². The second-order valence-electron chi connectivity index (χ2n) is 11.5. The van der Waals surface area contributed by atoms with Crippen LogP contribution in [0.3, 0.4) is 0 Å². The largest absolute Gasteiger partial charge is 0.455 e. The zero-order valence-electron chi connectivity index (χ0n) is 61.3. The highest BCUT2D eigenvalue weighted by Gasteiger charge is 2.23. The fourth-order valence-electron chi connectivity index (χ4n) is 6.13. The van der Waals surface area contributed by atoms with Gasteiger partial charge in [0.1, 0.15) is 11.2 Å². The van der Waals surface area contributed by atoms with Gasteiger partial charge in [-0.15, -0.1) is 0 Å². The van der Waals surface area contributed by atoms with Crippen LogP contribution in [-0.4, -0.2) is 4.57 Å². The minimum Gasteiger partial charge on any atom is -0.455 e. The van der Waals surface area contributed by atoms with E-state index in [9.17, 15) is 17.8 Å². The summed E-state index contributed by atoms with van der Waals surface area (Å²) in [5, 5.41) is -3.80. The Morgan fingerprint density at radius 2 is 1.00 bits per heavy atom. The van der Waals surface area contributed by atoms with Gasteiger partial charge >= 0.3 is 0 Å². The maximum absolute atomic E-state index is 9.99. The van der Waals surface area contributed by atoms with Crippen LogP contribution in [-0.2, 0) is 0 Å². The highest BCUT2D eigenvalue weighted by atomic mass is 16.3. The number of benzene rings is 9. The molecule has 11 rings (SSSR count). The highest BCUT2D eigenvalue weighted by molar-refractivity contribution is 6.13. The second kappa shape index (κ2) is 12.6. The molecule has 0 N–H and O–H groups in total. The van der Waals surface area contributed by atoms with E-state index in [4.69, 9.17) is 33.2 Å². The van der Waals surface area contributed by atoms with E-state index < -0.39 is 305 Å². The average Bonchev–Trinajstić information content (AvgIpc) is 1.67. The van der Waals surface area contributed by atoms with Crippen molar-refractivity contribution in [3.63, 3.8) is 0 Å². The first-order valence-corrected chi connectivity index (χ1v) is 16.0. The molecule has 0 aliphatic heterocycles. The Bertz CT molecular complexity index is 5040. The highest BCUT2D eigenvalue weighted by Crippen LogP contribution is 2.47. The molecule has 3 heteroatoms. The van der Waals surface area contributed by atoms with Crippen molar-refractivity contribution in [3.8, 4) is 27.9 Å². The summed E-state index contributed by atoms with van der Waals surface area (Å²) < 4.78 is 316. The lowest BCUT2D eigenvalue weighted by atomic mass is 9.97. The van der Waals surface area contributed by atoms with E-state index in [-0.39, 0.29) is 0 Å². The van der Waals surface area contributed by atoms with Gasteiger partial charge in [-0.1, -0.05) is 133 Å². The number of rotatable bonds is 6. The van der Waals surface area contributed by atoms with E-state index in [1.165, 1.54) is 0 Å². The Kier molecular flexibility index (Phi) is 2.84. The van der Waals surface area contributed by atoms with Gasteiger partial charge < -0.3 is 13.9 Å². The molecule has 3 nitrogen and oxygen atoms in total. The molecule has 0 aliphatic carbocycles. The van der Waals surface area contributed by atoms with Crippen LogP contribution in [0.25, 0.3) is 82.5 Å². The quantitative estimate of drug-likeness (QED) is 0.169. The third-order valence-electron chi connectivity index (χ3n) is 8.49. The first-order valence-electron chi connectivity index (χ1n) is 33.0. The number of nitrogens with zero attached hydrogens (tertiary/aromatic N) is 2. The average molecular weight is 737 g/mol. The van der Waals surface area contributed by atoms with Crippen LogP contribution in [0.4, 0.5) is 17.1 Å². The lowest BCUT2D eigenvalue weighted by molar-refractivity contribution is 0.670. The molecule has 0 saturated heterocycles. The molecule has 2 aromatic heterocycles. The Morgan fingerprint density at radius 3 is 1.75 bits per heavy atom. The van der Waals surface area contributed by atoms with E-state index in [2.05, 4.69) is 0 Å². The van der Waals surface area contributed by atoms with Crippen molar-refractivity contribution < 1.29 is 51.0 Å². The number of fused-ring (bicyclic) bond motifs is 7. The Hall–Kier alpha value is -7.36. The van der Waals surface area contributed by atoms with Crippen molar-refractivity contribution >= 4 is 71.6 Å². The fraction of sp³-hybridized carbons (Fsp3) is 0. The first kappa shape index (κ1) is 12.3. The van der Waals surface area contributed by atoms with Gasteiger partial charge in [0, 0.05) is 44.2 Å². The van der Waals surface area contributed by atoms with Crippen molar-refractivity contribution in [1.29, 1.82) is 0 Å². The Labute approximate surface area is 366 Å². The molecule has 11 aromatic rings. The number of aromatic nitrogens is 1. The lowest BCUT2D eigenvalue weighted by Crippen LogP contribution is -2.11. The summed E-state index contributed by atoms with van der Waals surface area (Å²) in [5.74, 6) is 0. The lowest BCUT2D eigenvalue weighted by Gasteiger charge is -2.28. The van der Waals surface area contributed by atoms with Crippen LogP contribution in [0.1, 0.15) is 46.6 Å². The number of hydrogen-bond donors (Lipinski definition) is 0. The van der Waals surface area contributed by atoms with E-state index >= 15 is 0 Å². The van der Waals surface area contributed by atoms with Gasteiger partial charge in [-0.25, -0.2) is 0 Å². The predicted molar refractivity (Wildman–Crippen MR) is 231 cm³/mol. The Balaban J connectivity index is 1.38. The maximum atomic E-state index is 9.99. The van der Waals surface area contributed by atoms with Crippen LogP contribution < -0.4 is 4.90 Å². The summed E-state index contributed by atoms with van der Waals surface area (Å²) in [5.41, 5.74) is -11.8. The van der Waals surface area contributed by atoms with E-state index in [1.807, 2.05) is 0 Å².